The highest BCUT2D eigenvalue weighted by molar-refractivity contribution is 5.09. The van der Waals surface area contributed by atoms with Gasteiger partial charge in [0.15, 0.2) is 0 Å². The third-order valence-corrected chi connectivity index (χ3v) is 4.54. The molecule has 0 aliphatic heterocycles. The van der Waals surface area contributed by atoms with Gasteiger partial charge in [-0.05, 0) is 50.9 Å². The number of hydrogen-bond donors (Lipinski definition) is 1. The molecule has 118 valence electrons. The van der Waals surface area contributed by atoms with Gasteiger partial charge in [-0.1, -0.05) is 32.3 Å². The van der Waals surface area contributed by atoms with Crippen LogP contribution in [0.4, 0.5) is 0 Å². The van der Waals surface area contributed by atoms with Gasteiger partial charge >= 0.3 is 0 Å². The lowest BCUT2D eigenvalue weighted by molar-refractivity contribution is 0.268. The number of nitrogens with zero attached hydrogens (tertiary/aromatic N) is 2. The summed E-state index contributed by atoms with van der Waals surface area (Å²) in [6.07, 6.45) is 7.18. The molecule has 0 atom stereocenters. The molecule has 1 aromatic rings. The fourth-order valence-corrected chi connectivity index (χ4v) is 3.20. The number of rotatable bonds is 8. The van der Waals surface area contributed by atoms with Crippen molar-refractivity contribution in [3.05, 3.63) is 29.6 Å². The van der Waals surface area contributed by atoms with Gasteiger partial charge in [0.1, 0.15) is 0 Å². The van der Waals surface area contributed by atoms with Crippen LogP contribution in [0.1, 0.15) is 50.4 Å². The Morgan fingerprint density at radius 2 is 2.05 bits per heavy atom. The molecule has 0 amide bonds. The van der Waals surface area contributed by atoms with Crippen LogP contribution in [0.2, 0.25) is 0 Å². The van der Waals surface area contributed by atoms with Crippen LogP contribution in [0.5, 0.6) is 0 Å². The van der Waals surface area contributed by atoms with E-state index in [1.54, 1.807) is 0 Å². The van der Waals surface area contributed by atoms with Crippen molar-refractivity contribution in [3.8, 4) is 0 Å². The van der Waals surface area contributed by atoms with Gasteiger partial charge in [0.05, 0.1) is 5.69 Å². The first-order valence-electron chi connectivity index (χ1n) is 8.63. The quantitative estimate of drug-likeness (QED) is 0.744. The van der Waals surface area contributed by atoms with Crippen molar-refractivity contribution in [1.29, 1.82) is 0 Å². The predicted octanol–water partition coefficient (Wildman–Crippen LogP) is 3.38. The molecule has 0 saturated heterocycles. The molecule has 1 aromatic heterocycles. The first-order valence-corrected chi connectivity index (χ1v) is 8.63. The molecular formula is C18H31N3. The first kappa shape index (κ1) is 16.4. The summed E-state index contributed by atoms with van der Waals surface area (Å²) in [5.41, 5.74) is 2.29. The second-order valence-electron chi connectivity index (χ2n) is 6.35. The number of aryl methyl sites for hydroxylation is 1. The van der Waals surface area contributed by atoms with Crippen molar-refractivity contribution in [1.82, 2.24) is 15.2 Å². The first-order chi connectivity index (χ1) is 10.3. The topological polar surface area (TPSA) is 28.2 Å². The molecule has 3 nitrogen and oxygen atoms in total. The van der Waals surface area contributed by atoms with Crippen molar-refractivity contribution in [3.63, 3.8) is 0 Å². The van der Waals surface area contributed by atoms with Crippen molar-refractivity contribution in [2.75, 3.05) is 26.2 Å². The largest absolute Gasteiger partial charge is 0.315 e. The zero-order valence-electron chi connectivity index (χ0n) is 13.8. The van der Waals surface area contributed by atoms with Gasteiger partial charge < -0.3 is 5.32 Å². The summed E-state index contributed by atoms with van der Waals surface area (Å²) in [5, 5.41) is 3.65. The molecule has 0 radical (unpaired) electrons. The van der Waals surface area contributed by atoms with Crippen LogP contribution in [-0.4, -0.2) is 36.1 Å². The van der Waals surface area contributed by atoms with Crippen LogP contribution in [0.3, 0.4) is 0 Å². The molecule has 21 heavy (non-hydrogen) atoms. The van der Waals surface area contributed by atoms with Crippen LogP contribution < -0.4 is 5.32 Å². The van der Waals surface area contributed by atoms with Crippen LogP contribution in [-0.2, 0) is 6.54 Å². The predicted molar refractivity (Wildman–Crippen MR) is 89.4 cm³/mol. The van der Waals surface area contributed by atoms with E-state index in [1.807, 2.05) is 0 Å². The molecule has 1 saturated carbocycles. The standard InChI is InChI=1S/C18H31N3/c1-3-21(15-18-11-7-8-16(2)20-18)13-12-19-14-17-9-5-4-6-10-17/h7-8,11,17,19H,3-6,9-10,12-15H2,1-2H3. The molecule has 1 aliphatic rings. The number of likely N-dealkylation sites (N-methyl/N-ethyl adjacent to an activating group) is 1. The minimum Gasteiger partial charge on any atom is -0.315 e. The monoisotopic (exact) mass is 289 g/mol. The Bertz CT molecular complexity index is 399. The number of pyridine rings is 1. The average molecular weight is 289 g/mol. The third kappa shape index (κ3) is 6.15. The molecule has 2 rings (SSSR count). The van der Waals surface area contributed by atoms with Crippen LogP contribution >= 0.6 is 0 Å². The van der Waals surface area contributed by atoms with Crippen LogP contribution in [0, 0.1) is 12.8 Å². The van der Waals surface area contributed by atoms with Gasteiger partial charge in [-0.25, -0.2) is 0 Å². The zero-order valence-corrected chi connectivity index (χ0v) is 13.8. The van der Waals surface area contributed by atoms with Gasteiger partial charge in [0.25, 0.3) is 0 Å². The van der Waals surface area contributed by atoms with Gasteiger partial charge in [-0.15, -0.1) is 0 Å². The van der Waals surface area contributed by atoms with Crippen LogP contribution in [0.25, 0.3) is 0 Å². The Balaban J connectivity index is 1.65. The summed E-state index contributed by atoms with van der Waals surface area (Å²) < 4.78 is 0. The second-order valence-corrected chi connectivity index (χ2v) is 6.35. The SMILES string of the molecule is CCN(CCNCC1CCCCC1)Cc1cccc(C)n1. The lowest BCUT2D eigenvalue weighted by Gasteiger charge is -2.24. The average Bonchev–Trinajstić information content (AvgIpc) is 2.51. The Kier molecular flexibility index (Phi) is 7.17. The minimum atomic E-state index is 0.923. The fraction of sp³-hybridized carbons (Fsp3) is 0.722. The van der Waals surface area contributed by atoms with Crippen molar-refractivity contribution in [2.24, 2.45) is 5.92 Å². The summed E-state index contributed by atoms with van der Waals surface area (Å²) >= 11 is 0. The Hall–Kier alpha value is -0.930. The molecule has 0 unspecified atom stereocenters. The summed E-state index contributed by atoms with van der Waals surface area (Å²) in [7, 11) is 0. The van der Waals surface area contributed by atoms with Crippen molar-refractivity contribution in [2.45, 2.75) is 52.5 Å². The highest BCUT2D eigenvalue weighted by atomic mass is 15.1. The maximum Gasteiger partial charge on any atom is 0.0547 e. The summed E-state index contributed by atoms with van der Waals surface area (Å²) in [4.78, 5) is 7.07. The Morgan fingerprint density at radius 3 is 2.76 bits per heavy atom. The van der Waals surface area contributed by atoms with Gasteiger partial charge in [0.2, 0.25) is 0 Å². The van der Waals surface area contributed by atoms with E-state index >= 15 is 0 Å². The number of aromatic nitrogens is 1. The molecule has 1 heterocycles. The minimum absolute atomic E-state index is 0.923. The highest BCUT2D eigenvalue weighted by Gasteiger charge is 2.12. The van der Waals surface area contributed by atoms with Crippen molar-refractivity contribution < 1.29 is 0 Å². The molecule has 0 spiro atoms. The molecule has 1 aliphatic carbocycles. The summed E-state index contributed by atoms with van der Waals surface area (Å²) in [6, 6.07) is 6.30. The highest BCUT2D eigenvalue weighted by Crippen LogP contribution is 2.22. The zero-order chi connectivity index (χ0) is 14.9. The lowest BCUT2D eigenvalue weighted by atomic mass is 9.89. The summed E-state index contributed by atoms with van der Waals surface area (Å²) in [5.74, 6) is 0.923. The van der Waals surface area contributed by atoms with E-state index in [0.717, 1.165) is 37.8 Å². The number of hydrogen-bond acceptors (Lipinski definition) is 3. The molecule has 1 N–H and O–H groups in total. The van der Waals surface area contributed by atoms with E-state index in [0.29, 0.717) is 0 Å². The maximum absolute atomic E-state index is 4.60. The van der Waals surface area contributed by atoms with Gasteiger partial charge in [0, 0.05) is 25.3 Å². The normalized spacial score (nSPS) is 16.5. The van der Waals surface area contributed by atoms with E-state index in [9.17, 15) is 0 Å². The van der Waals surface area contributed by atoms with E-state index in [1.165, 1.54) is 44.3 Å². The fourth-order valence-electron chi connectivity index (χ4n) is 3.20. The van der Waals surface area contributed by atoms with E-state index < -0.39 is 0 Å². The molecule has 0 bridgehead atoms. The Morgan fingerprint density at radius 1 is 1.24 bits per heavy atom. The smallest absolute Gasteiger partial charge is 0.0547 e. The number of nitrogens with one attached hydrogen (secondary N) is 1. The maximum atomic E-state index is 4.60. The van der Waals surface area contributed by atoms with Gasteiger partial charge in [-0.3, -0.25) is 9.88 Å². The van der Waals surface area contributed by atoms with E-state index in [-0.39, 0.29) is 0 Å². The van der Waals surface area contributed by atoms with E-state index in [4.69, 9.17) is 0 Å². The lowest BCUT2D eigenvalue weighted by Crippen LogP contribution is -2.34. The van der Waals surface area contributed by atoms with E-state index in [2.05, 4.69) is 47.2 Å². The van der Waals surface area contributed by atoms with Crippen molar-refractivity contribution >= 4 is 0 Å². The molecule has 3 heteroatoms. The molecule has 0 aromatic carbocycles. The third-order valence-electron chi connectivity index (χ3n) is 4.54. The Labute approximate surface area is 130 Å². The van der Waals surface area contributed by atoms with Gasteiger partial charge in [-0.2, -0.15) is 0 Å². The molecular weight excluding hydrogens is 258 g/mol. The summed E-state index contributed by atoms with van der Waals surface area (Å²) in [6.45, 7) is 9.75. The second kappa shape index (κ2) is 9.16. The van der Waals surface area contributed by atoms with Crippen LogP contribution in [0.15, 0.2) is 18.2 Å². The molecule has 1 fully saturated rings.